The van der Waals surface area contributed by atoms with Gasteiger partial charge in [0.1, 0.15) is 11.6 Å². The highest BCUT2D eigenvalue weighted by atomic mass is 16.7. The van der Waals surface area contributed by atoms with Crippen LogP contribution in [0.4, 0.5) is 0 Å². The van der Waals surface area contributed by atoms with Gasteiger partial charge < -0.3 is 10.5 Å². The van der Waals surface area contributed by atoms with Crippen molar-refractivity contribution in [3.8, 4) is 5.75 Å². The van der Waals surface area contributed by atoms with E-state index in [0.717, 1.165) is 0 Å². The van der Waals surface area contributed by atoms with E-state index in [4.69, 9.17) is 21.8 Å². The first-order valence-corrected chi connectivity index (χ1v) is 4.91. The zero-order valence-corrected chi connectivity index (χ0v) is 9.69. The molecular weight excluding hydrogens is 222 g/mol. The lowest BCUT2D eigenvalue weighted by molar-refractivity contribution is -0.158. The molecule has 0 spiro atoms. The monoisotopic (exact) mass is 237 g/mol. The smallest absolute Gasteiger partial charge is 0.345 e. The third-order valence-corrected chi connectivity index (χ3v) is 2.16. The Bertz CT molecular complexity index is 426. The number of benzene rings is 1. The molecule has 5 N–H and O–H groups in total. The van der Waals surface area contributed by atoms with Crippen molar-refractivity contribution in [1.29, 1.82) is 5.41 Å². The molecule has 0 aliphatic rings. The lowest BCUT2D eigenvalue weighted by Crippen LogP contribution is -2.40. The molecule has 92 valence electrons. The summed E-state index contributed by atoms with van der Waals surface area (Å²) in [5, 5.41) is 7.21. The van der Waals surface area contributed by atoms with Crippen molar-refractivity contribution >= 4 is 11.8 Å². The summed E-state index contributed by atoms with van der Waals surface area (Å²) in [5.41, 5.74) is 4.64. The van der Waals surface area contributed by atoms with Crippen LogP contribution in [0.2, 0.25) is 0 Å². The van der Waals surface area contributed by atoms with Crippen molar-refractivity contribution < 1.29 is 14.4 Å². The molecule has 6 nitrogen and oxygen atoms in total. The third kappa shape index (κ3) is 3.27. The number of nitrogens with one attached hydrogen (secondary N) is 1. The molecular formula is C11H15N3O3. The van der Waals surface area contributed by atoms with Gasteiger partial charge in [0.15, 0.2) is 5.60 Å². The van der Waals surface area contributed by atoms with Crippen LogP contribution in [0.3, 0.4) is 0 Å². The van der Waals surface area contributed by atoms with Gasteiger partial charge in [-0.05, 0) is 38.1 Å². The fourth-order valence-electron chi connectivity index (χ4n) is 0.981. The number of nitrogen functional groups attached to an aromatic ring is 1. The number of nitrogens with two attached hydrogens (primary N) is 2. The first-order chi connectivity index (χ1) is 7.86. The molecule has 0 aliphatic carbocycles. The first kappa shape index (κ1) is 13.1. The fraction of sp³-hybridized carbons (Fsp3) is 0.273. The second kappa shape index (κ2) is 4.94. The largest absolute Gasteiger partial charge is 0.424 e. The Morgan fingerprint density at radius 1 is 1.29 bits per heavy atom. The van der Waals surface area contributed by atoms with E-state index in [0.29, 0.717) is 11.3 Å². The molecule has 0 radical (unpaired) electrons. The standard InChI is InChI=1S/C11H15N3O3/c1-11(2,17-14)10(15)16-8-5-3-7(4-6-8)9(12)13/h3-6H,14H2,1-2H3,(H3,12,13). The highest BCUT2D eigenvalue weighted by Gasteiger charge is 2.30. The summed E-state index contributed by atoms with van der Waals surface area (Å²) >= 11 is 0. The highest BCUT2D eigenvalue weighted by molar-refractivity contribution is 5.95. The summed E-state index contributed by atoms with van der Waals surface area (Å²) < 4.78 is 5.05. The topological polar surface area (TPSA) is 111 Å². The maximum atomic E-state index is 11.6. The van der Waals surface area contributed by atoms with Gasteiger partial charge in [-0.25, -0.2) is 10.7 Å². The molecule has 0 amide bonds. The van der Waals surface area contributed by atoms with Crippen molar-refractivity contribution in [2.24, 2.45) is 11.6 Å². The summed E-state index contributed by atoms with van der Waals surface area (Å²) in [7, 11) is 0. The van der Waals surface area contributed by atoms with Gasteiger partial charge in [0.2, 0.25) is 0 Å². The van der Waals surface area contributed by atoms with Crippen LogP contribution < -0.4 is 16.4 Å². The first-order valence-electron chi connectivity index (χ1n) is 4.91. The Morgan fingerprint density at radius 3 is 2.24 bits per heavy atom. The molecule has 0 atom stereocenters. The maximum Gasteiger partial charge on any atom is 0.345 e. The number of hydrogen-bond acceptors (Lipinski definition) is 5. The minimum Gasteiger partial charge on any atom is -0.424 e. The van der Waals surface area contributed by atoms with Gasteiger partial charge in [-0.2, -0.15) is 0 Å². The molecule has 0 heterocycles. The Kier molecular flexibility index (Phi) is 3.82. The summed E-state index contributed by atoms with van der Waals surface area (Å²) in [4.78, 5) is 16.1. The summed E-state index contributed by atoms with van der Waals surface area (Å²) in [5.74, 6) is 4.67. The van der Waals surface area contributed by atoms with Crippen molar-refractivity contribution in [3.05, 3.63) is 29.8 Å². The van der Waals surface area contributed by atoms with Crippen molar-refractivity contribution in [1.82, 2.24) is 0 Å². The number of rotatable bonds is 4. The van der Waals surface area contributed by atoms with Crippen LogP contribution in [0, 0.1) is 5.41 Å². The predicted octanol–water partition coefficient (Wildman–Crippen LogP) is 0.545. The van der Waals surface area contributed by atoms with Crippen LogP contribution in [-0.4, -0.2) is 17.4 Å². The lowest BCUT2D eigenvalue weighted by atomic mass is 10.1. The predicted molar refractivity (Wildman–Crippen MR) is 62.4 cm³/mol. The zero-order valence-electron chi connectivity index (χ0n) is 9.69. The minimum atomic E-state index is -1.21. The summed E-state index contributed by atoms with van der Waals surface area (Å²) in [6.07, 6.45) is 0. The molecule has 0 saturated carbocycles. The molecule has 0 aromatic heterocycles. The van der Waals surface area contributed by atoms with E-state index < -0.39 is 11.6 Å². The Morgan fingerprint density at radius 2 is 1.82 bits per heavy atom. The average Bonchev–Trinajstić information content (AvgIpc) is 2.29. The highest BCUT2D eigenvalue weighted by Crippen LogP contribution is 2.16. The SMILES string of the molecule is CC(C)(ON)C(=O)Oc1ccc(C(=N)N)cc1. The van der Waals surface area contributed by atoms with E-state index in [1.165, 1.54) is 13.8 Å². The van der Waals surface area contributed by atoms with Crippen LogP contribution in [0.1, 0.15) is 19.4 Å². The number of amidine groups is 1. The number of carbonyl (C=O) groups is 1. The Hall–Kier alpha value is -1.92. The fourth-order valence-corrected chi connectivity index (χ4v) is 0.981. The van der Waals surface area contributed by atoms with E-state index in [9.17, 15) is 4.79 Å². The van der Waals surface area contributed by atoms with E-state index in [1.54, 1.807) is 24.3 Å². The molecule has 0 bridgehead atoms. The van der Waals surface area contributed by atoms with Crippen LogP contribution in [0.25, 0.3) is 0 Å². The van der Waals surface area contributed by atoms with Crippen molar-refractivity contribution in [2.45, 2.75) is 19.4 Å². The quantitative estimate of drug-likeness (QED) is 0.233. The second-order valence-electron chi connectivity index (χ2n) is 3.96. The molecule has 0 unspecified atom stereocenters. The zero-order chi connectivity index (χ0) is 13.1. The van der Waals surface area contributed by atoms with E-state index in [-0.39, 0.29) is 5.84 Å². The van der Waals surface area contributed by atoms with Crippen molar-refractivity contribution in [3.63, 3.8) is 0 Å². The van der Waals surface area contributed by atoms with Crippen LogP contribution in [0.5, 0.6) is 5.75 Å². The minimum absolute atomic E-state index is 0.0477. The number of carbonyl (C=O) groups excluding carboxylic acids is 1. The maximum absolute atomic E-state index is 11.6. The average molecular weight is 237 g/mol. The summed E-state index contributed by atoms with van der Waals surface area (Å²) in [6, 6.07) is 6.25. The Balaban J connectivity index is 2.76. The molecule has 1 rings (SSSR count). The number of hydrogen-bond donors (Lipinski definition) is 3. The van der Waals surface area contributed by atoms with Crippen LogP contribution in [-0.2, 0) is 9.63 Å². The molecule has 6 heteroatoms. The van der Waals surface area contributed by atoms with E-state index >= 15 is 0 Å². The third-order valence-electron chi connectivity index (χ3n) is 2.16. The molecule has 0 aliphatic heterocycles. The molecule has 1 aromatic rings. The van der Waals surface area contributed by atoms with E-state index in [2.05, 4.69) is 4.84 Å². The van der Waals surface area contributed by atoms with Gasteiger partial charge in [-0.3, -0.25) is 10.2 Å². The molecule has 1 aromatic carbocycles. The number of ether oxygens (including phenoxy) is 1. The van der Waals surface area contributed by atoms with Crippen LogP contribution >= 0.6 is 0 Å². The summed E-state index contributed by atoms with van der Waals surface area (Å²) in [6.45, 7) is 3.00. The Labute approximate surface area is 99.0 Å². The van der Waals surface area contributed by atoms with E-state index in [1.807, 2.05) is 0 Å². The molecule has 0 fully saturated rings. The van der Waals surface area contributed by atoms with Gasteiger partial charge in [-0.1, -0.05) is 0 Å². The van der Waals surface area contributed by atoms with Gasteiger partial charge in [0.25, 0.3) is 0 Å². The van der Waals surface area contributed by atoms with Gasteiger partial charge >= 0.3 is 5.97 Å². The van der Waals surface area contributed by atoms with Gasteiger partial charge in [0, 0.05) is 5.56 Å². The molecule has 17 heavy (non-hydrogen) atoms. The van der Waals surface area contributed by atoms with Gasteiger partial charge in [-0.15, -0.1) is 0 Å². The number of esters is 1. The lowest BCUT2D eigenvalue weighted by Gasteiger charge is -2.19. The second-order valence-corrected chi connectivity index (χ2v) is 3.96. The van der Waals surface area contributed by atoms with Crippen LogP contribution in [0.15, 0.2) is 24.3 Å². The normalized spacial score (nSPS) is 11.0. The van der Waals surface area contributed by atoms with Crippen molar-refractivity contribution in [2.75, 3.05) is 0 Å². The van der Waals surface area contributed by atoms with Gasteiger partial charge in [0.05, 0.1) is 0 Å². The molecule has 0 saturated heterocycles.